The molecule has 8 heteroatoms. The third kappa shape index (κ3) is 2.37. The number of nitrogen functional groups attached to an aromatic ring is 1. The number of hydrogen-bond acceptors (Lipinski definition) is 7. The topological polar surface area (TPSA) is 103 Å². The largest absolute Gasteiger partial charge is 0.382 e. The van der Waals surface area contributed by atoms with Gasteiger partial charge in [-0.1, -0.05) is 16.8 Å². The molecule has 0 saturated heterocycles. The Morgan fingerprint density at radius 1 is 1.31 bits per heavy atom. The smallest absolute Gasteiger partial charge is 0.228 e. The molecule has 0 unspecified atom stereocenters. The van der Waals surface area contributed by atoms with Gasteiger partial charge in [-0.2, -0.15) is 4.98 Å². The van der Waals surface area contributed by atoms with E-state index < -0.39 is 0 Å². The zero-order chi connectivity index (χ0) is 11.4. The summed E-state index contributed by atoms with van der Waals surface area (Å²) in [7, 11) is 0. The van der Waals surface area contributed by atoms with Gasteiger partial charge in [0.15, 0.2) is 6.33 Å². The maximum atomic E-state index is 5.89. The van der Waals surface area contributed by atoms with Crippen LogP contribution in [0.3, 0.4) is 0 Å². The van der Waals surface area contributed by atoms with Crippen molar-refractivity contribution >= 4 is 23.2 Å². The van der Waals surface area contributed by atoms with Crippen molar-refractivity contribution in [2.45, 2.75) is 6.42 Å². The van der Waals surface area contributed by atoms with E-state index in [0.717, 1.165) is 0 Å². The summed E-state index contributed by atoms with van der Waals surface area (Å²) in [6.07, 6.45) is 3.28. The van der Waals surface area contributed by atoms with E-state index in [4.69, 9.17) is 21.9 Å². The molecule has 16 heavy (non-hydrogen) atoms. The molecule has 0 aliphatic carbocycles. The highest BCUT2D eigenvalue weighted by Crippen LogP contribution is 2.22. The zero-order valence-corrected chi connectivity index (χ0v) is 8.98. The van der Waals surface area contributed by atoms with Crippen molar-refractivity contribution in [1.29, 1.82) is 0 Å². The Kier molecular flexibility index (Phi) is 3.16. The molecule has 84 valence electrons. The Labute approximate surface area is 96.0 Å². The van der Waals surface area contributed by atoms with Crippen molar-refractivity contribution in [2.24, 2.45) is 0 Å². The van der Waals surface area contributed by atoms with Crippen LogP contribution in [0.25, 0.3) is 0 Å². The first-order chi connectivity index (χ1) is 7.77. The number of nitrogens with two attached hydrogens (primary N) is 1. The molecule has 0 aliphatic heterocycles. The average molecular weight is 241 g/mol. The summed E-state index contributed by atoms with van der Waals surface area (Å²) >= 11 is 5.89. The SMILES string of the molecule is Nc1ncnc(NCCc2ncno2)c1Cl. The second-order valence-electron chi connectivity index (χ2n) is 2.93. The monoisotopic (exact) mass is 240 g/mol. The number of aromatic nitrogens is 4. The fourth-order valence-corrected chi connectivity index (χ4v) is 1.27. The fourth-order valence-electron chi connectivity index (χ4n) is 1.10. The molecule has 2 heterocycles. The number of anilines is 2. The standard InChI is InChI=1S/C8H9ClN6O/c9-6-7(10)13-3-14-8(6)11-2-1-5-12-4-15-16-5/h3-4H,1-2H2,(H3,10,11,13,14). The van der Waals surface area contributed by atoms with Crippen LogP contribution >= 0.6 is 11.6 Å². The van der Waals surface area contributed by atoms with Crippen LogP contribution in [0, 0.1) is 0 Å². The third-order valence-electron chi connectivity index (χ3n) is 1.85. The molecule has 0 aromatic carbocycles. The summed E-state index contributed by atoms with van der Waals surface area (Å²) in [5.74, 6) is 1.29. The molecule has 2 aromatic rings. The van der Waals surface area contributed by atoms with Gasteiger partial charge in [0.05, 0.1) is 0 Å². The van der Waals surface area contributed by atoms with Crippen molar-refractivity contribution in [1.82, 2.24) is 20.1 Å². The van der Waals surface area contributed by atoms with Crippen LogP contribution in [0.15, 0.2) is 17.2 Å². The minimum Gasteiger partial charge on any atom is -0.382 e. The zero-order valence-electron chi connectivity index (χ0n) is 8.22. The molecular formula is C8H9ClN6O. The first-order valence-corrected chi connectivity index (χ1v) is 4.90. The molecule has 0 bridgehead atoms. The maximum absolute atomic E-state index is 5.89. The average Bonchev–Trinajstić information content (AvgIpc) is 2.77. The van der Waals surface area contributed by atoms with Crippen molar-refractivity contribution in [2.75, 3.05) is 17.6 Å². The quantitative estimate of drug-likeness (QED) is 0.813. The van der Waals surface area contributed by atoms with Crippen LogP contribution in [0.5, 0.6) is 0 Å². The van der Waals surface area contributed by atoms with Crippen LogP contribution in [0.4, 0.5) is 11.6 Å². The highest BCUT2D eigenvalue weighted by molar-refractivity contribution is 6.35. The van der Waals surface area contributed by atoms with Crippen molar-refractivity contribution in [3.63, 3.8) is 0 Å². The number of nitrogens with one attached hydrogen (secondary N) is 1. The second kappa shape index (κ2) is 4.75. The highest BCUT2D eigenvalue weighted by Gasteiger charge is 2.06. The van der Waals surface area contributed by atoms with Crippen molar-refractivity contribution in [3.05, 3.63) is 23.6 Å². The Bertz CT molecular complexity index is 460. The lowest BCUT2D eigenvalue weighted by Crippen LogP contribution is -2.08. The number of hydrogen-bond donors (Lipinski definition) is 2. The van der Waals surface area contributed by atoms with Gasteiger partial charge in [0, 0.05) is 13.0 Å². The normalized spacial score (nSPS) is 10.3. The molecule has 0 atom stereocenters. The van der Waals surface area contributed by atoms with Gasteiger partial charge >= 0.3 is 0 Å². The molecule has 0 fully saturated rings. The summed E-state index contributed by atoms with van der Waals surface area (Å²) in [5, 5.41) is 6.81. The molecule has 2 aromatic heterocycles. The molecular weight excluding hydrogens is 232 g/mol. The third-order valence-corrected chi connectivity index (χ3v) is 2.23. The van der Waals surface area contributed by atoms with Crippen molar-refractivity contribution < 1.29 is 4.52 Å². The molecule has 0 saturated carbocycles. The summed E-state index contributed by atoms with van der Waals surface area (Å²) in [5.41, 5.74) is 5.52. The molecule has 0 radical (unpaired) electrons. The van der Waals surface area contributed by atoms with Gasteiger partial charge < -0.3 is 15.6 Å². The lowest BCUT2D eigenvalue weighted by molar-refractivity contribution is 0.379. The molecule has 0 amide bonds. The van der Waals surface area contributed by atoms with E-state index in [9.17, 15) is 0 Å². The summed E-state index contributed by atoms with van der Waals surface area (Å²) in [6.45, 7) is 0.568. The first kappa shape index (κ1) is 10.6. The van der Waals surface area contributed by atoms with Gasteiger partial charge in [0.25, 0.3) is 0 Å². The van der Waals surface area contributed by atoms with Crippen LogP contribution in [0.2, 0.25) is 5.02 Å². The van der Waals surface area contributed by atoms with Crippen LogP contribution < -0.4 is 11.1 Å². The Morgan fingerprint density at radius 3 is 2.94 bits per heavy atom. The Morgan fingerprint density at radius 2 is 2.19 bits per heavy atom. The molecule has 0 spiro atoms. The summed E-state index contributed by atoms with van der Waals surface area (Å²) in [6, 6.07) is 0. The summed E-state index contributed by atoms with van der Waals surface area (Å²) < 4.78 is 4.83. The first-order valence-electron chi connectivity index (χ1n) is 4.53. The number of halogens is 1. The molecule has 7 nitrogen and oxygen atoms in total. The molecule has 2 rings (SSSR count). The Balaban J connectivity index is 1.92. The van der Waals surface area contributed by atoms with E-state index in [1.807, 2.05) is 0 Å². The van der Waals surface area contributed by atoms with Gasteiger partial charge in [0.1, 0.15) is 23.0 Å². The van der Waals surface area contributed by atoms with E-state index in [1.165, 1.54) is 12.7 Å². The van der Waals surface area contributed by atoms with Gasteiger partial charge in [-0.3, -0.25) is 0 Å². The number of rotatable bonds is 4. The van der Waals surface area contributed by atoms with E-state index in [-0.39, 0.29) is 5.82 Å². The predicted octanol–water partition coefficient (Wildman–Crippen LogP) is 0.750. The maximum Gasteiger partial charge on any atom is 0.228 e. The summed E-state index contributed by atoms with van der Waals surface area (Å²) in [4.78, 5) is 11.6. The predicted molar refractivity (Wildman–Crippen MR) is 57.9 cm³/mol. The van der Waals surface area contributed by atoms with Gasteiger partial charge in [-0.05, 0) is 0 Å². The van der Waals surface area contributed by atoms with Crippen LogP contribution in [-0.4, -0.2) is 26.7 Å². The van der Waals surface area contributed by atoms with E-state index in [2.05, 4.69) is 25.4 Å². The minimum atomic E-state index is 0.247. The minimum absolute atomic E-state index is 0.247. The lowest BCUT2D eigenvalue weighted by atomic mass is 10.4. The van der Waals surface area contributed by atoms with Gasteiger partial charge in [-0.25, -0.2) is 9.97 Å². The van der Waals surface area contributed by atoms with Crippen LogP contribution in [-0.2, 0) is 6.42 Å². The molecule has 3 N–H and O–H groups in total. The second-order valence-corrected chi connectivity index (χ2v) is 3.31. The fraction of sp³-hybridized carbons (Fsp3) is 0.250. The Hall–Kier alpha value is -1.89. The van der Waals surface area contributed by atoms with E-state index in [1.54, 1.807) is 0 Å². The van der Waals surface area contributed by atoms with E-state index in [0.29, 0.717) is 29.7 Å². The van der Waals surface area contributed by atoms with Gasteiger partial charge in [0.2, 0.25) is 5.89 Å². The van der Waals surface area contributed by atoms with Gasteiger partial charge in [-0.15, -0.1) is 0 Å². The number of nitrogens with zero attached hydrogens (tertiary/aromatic N) is 4. The highest BCUT2D eigenvalue weighted by atomic mass is 35.5. The van der Waals surface area contributed by atoms with Crippen LogP contribution in [0.1, 0.15) is 5.89 Å². The van der Waals surface area contributed by atoms with E-state index >= 15 is 0 Å². The van der Waals surface area contributed by atoms with Crippen molar-refractivity contribution in [3.8, 4) is 0 Å². The lowest BCUT2D eigenvalue weighted by Gasteiger charge is -2.06. The molecule has 0 aliphatic rings.